The lowest BCUT2D eigenvalue weighted by atomic mass is 9.96. The van der Waals surface area contributed by atoms with Crippen LogP contribution >= 0.6 is 0 Å². The predicted molar refractivity (Wildman–Crippen MR) is 110 cm³/mol. The summed E-state index contributed by atoms with van der Waals surface area (Å²) >= 11 is 0. The van der Waals surface area contributed by atoms with E-state index in [1.807, 2.05) is 43.3 Å². The Morgan fingerprint density at radius 3 is 2.50 bits per heavy atom. The van der Waals surface area contributed by atoms with Crippen LogP contribution < -0.4 is 9.47 Å². The Labute approximate surface area is 165 Å². The van der Waals surface area contributed by atoms with Crippen molar-refractivity contribution in [2.45, 2.75) is 25.6 Å². The summed E-state index contributed by atoms with van der Waals surface area (Å²) in [6, 6.07) is 27.0. The maximum atomic E-state index is 6.37. The number of nitrogens with zero attached hydrogens (tertiary/aromatic N) is 2. The predicted octanol–water partition coefficient (Wildman–Crippen LogP) is 5.33. The highest BCUT2D eigenvalue weighted by Gasteiger charge is 2.40. The minimum Gasteiger partial charge on any atom is -0.494 e. The molecule has 0 bridgehead atoms. The molecule has 2 aliphatic heterocycles. The van der Waals surface area contributed by atoms with Crippen molar-refractivity contribution >= 4 is 5.71 Å². The first-order chi connectivity index (χ1) is 13.8. The maximum absolute atomic E-state index is 6.37. The lowest BCUT2D eigenvalue weighted by Crippen LogP contribution is -2.33. The second-order valence-corrected chi connectivity index (χ2v) is 7.02. The smallest absolute Gasteiger partial charge is 0.213 e. The zero-order valence-electron chi connectivity index (χ0n) is 15.8. The van der Waals surface area contributed by atoms with Gasteiger partial charge in [0, 0.05) is 17.5 Å². The summed E-state index contributed by atoms with van der Waals surface area (Å²) < 4.78 is 11.9. The maximum Gasteiger partial charge on any atom is 0.213 e. The van der Waals surface area contributed by atoms with Crippen molar-refractivity contribution in [1.29, 1.82) is 0 Å². The van der Waals surface area contributed by atoms with Gasteiger partial charge in [-0.05, 0) is 42.8 Å². The van der Waals surface area contributed by atoms with E-state index in [2.05, 4.69) is 47.5 Å². The van der Waals surface area contributed by atoms with E-state index in [-0.39, 0.29) is 12.3 Å². The molecule has 3 aromatic rings. The molecule has 0 N–H and O–H groups in total. The molecular weight excluding hydrogens is 348 g/mol. The highest BCUT2D eigenvalue weighted by molar-refractivity contribution is 6.02. The zero-order chi connectivity index (χ0) is 18.9. The van der Waals surface area contributed by atoms with Gasteiger partial charge in [-0.2, -0.15) is 5.10 Å². The molecule has 4 heteroatoms. The third kappa shape index (κ3) is 2.91. The van der Waals surface area contributed by atoms with Crippen LogP contribution in [0.25, 0.3) is 0 Å². The van der Waals surface area contributed by atoms with E-state index in [4.69, 9.17) is 14.6 Å². The Kier molecular flexibility index (Phi) is 4.24. The largest absolute Gasteiger partial charge is 0.494 e. The summed E-state index contributed by atoms with van der Waals surface area (Å²) in [5.74, 6) is 1.83. The molecule has 2 atom stereocenters. The van der Waals surface area contributed by atoms with Crippen molar-refractivity contribution in [1.82, 2.24) is 5.01 Å². The molecule has 5 rings (SSSR count). The Bertz CT molecular complexity index is 999. The lowest BCUT2D eigenvalue weighted by Gasteiger charge is -2.38. The van der Waals surface area contributed by atoms with E-state index < -0.39 is 0 Å². The molecule has 28 heavy (non-hydrogen) atoms. The Morgan fingerprint density at radius 1 is 0.964 bits per heavy atom. The van der Waals surface area contributed by atoms with Gasteiger partial charge in [-0.3, -0.25) is 0 Å². The molecule has 140 valence electrons. The highest BCUT2D eigenvalue weighted by Crippen LogP contribution is 2.47. The topological polar surface area (TPSA) is 34.1 Å². The number of fused-ring (bicyclic) bond motifs is 3. The standard InChI is InChI=1S/C24H22N2O2/c1-2-27-19-14-12-17(13-15-19)21-16-22-20-10-6-7-11-23(20)28-24(26(22)25-21)18-8-4-3-5-9-18/h3-15,22,24H,2,16H2,1H3/t22-,24+/m1/s1. The van der Waals surface area contributed by atoms with Gasteiger partial charge in [-0.1, -0.05) is 48.5 Å². The van der Waals surface area contributed by atoms with Gasteiger partial charge < -0.3 is 9.47 Å². The fraction of sp³-hybridized carbons (Fsp3) is 0.208. The number of para-hydroxylation sites is 1. The third-order valence-electron chi connectivity index (χ3n) is 5.28. The van der Waals surface area contributed by atoms with E-state index in [1.54, 1.807) is 0 Å². The minimum atomic E-state index is -0.221. The van der Waals surface area contributed by atoms with Gasteiger partial charge in [-0.25, -0.2) is 5.01 Å². The average molecular weight is 370 g/mol. The molecule has 2 aliphatic rings. The van der Waals surface area contributed by atoms with Gasteiger partial charge in [0.25, 0.3) is 0 Å². The van der Waals surface area contributed by atoms with Crippen LogP contribution in [0.4, 0.5) is 0 Å². The molecule has 3 aromatic carbocycles. The number of benzene rings is 3. The number of hydrogen-bond donors (Lipinski definition) is 0. The van der Waals surface area contributed by atoms with Crippen molar-refractivity contribution in [3.8, 4) is 11.5 Å². The zero-order valence-corrected chi connectivity index (χ0v) is 15.8. The summed E-state index contributed by atoms with van der Waals surface area (Å²) in [6.45, 7) is 2.66. The van der Waals surface area contributed by atoms with Gasteiger partial charge in [0.1, 0.15) is 11.5 Å². The van der Waals surface area contributed by atoms with E-state index in [9.17, 15) is 0 Å². The second kappa shape index (κ2) is 7.04. The highest BCUT2D eigenvalue weighted by atomic mass is 16.5. The average Bonchev–Trinajstić information content (AvgIpc) is 3.20. The van der Waals surface area contributed by atoms with Gasteiger partial charge in [-0.15, -0.1) is 0 Å². The molecule has 2 heterocycles. The van der Waals surface area contributed by atoms with E-state index in [0.717, 1.165) is 34.8 Å². The molecule has 4 nitrogen and oxygen atoms in total. The molecule has 0 amide bonds. The summed E-state index contributed by atoms with van der Waals surface area (Å²) in [5.41, 5.74) is 4.51. The normalized spacial score (nSPS) is 20.0. The summed E-state index contributed by atoms with van der Waals surface area (Å²) in [7, 11) is 0. The van der Waals surface area contributed by atoms with Crippen molar-refractivity contribution in [2.24, 2.45) is 5.10 Å². The van der Waals surface area contributed by atoms with Gasteiger partial charge in [0.05, 0.1) is 18.4 Å². The van der Waals surface area contributed by atoms with Crippen molar-refractivity contribution in [2.75, 3.05) is 6.61 Å². The van der Waals surface area contributed by atoms with Crippen LogP contribution in [-0.2, 0) is 0 Å². The SMILES string of the molecule is CCOc1ccc(C2=NN3[C@H](C2)c2ccccc2O[C@H]3c2ccccc2)cc1. The molecule has 0 saturated carbocycles. The van der Waals surface area contributed by atoms with Gasteiger partial charge >= 0.3 is 0 Å². The third-order valence-corrected chi connectivity index (χ3v) is 5.28. The number of hydrazone groups is 1. The van der Waals surface area contributed by atoms with Crippen molar-refractivity contribution in [3.05, 3.63) is 95.6 Å². The summed E-state index contributed by atoms with van der Waals surface area (Å²) in [4.78, 5) is 0. The fourth-order valence-electron chi connectivity index (χ4n) is 3.96. The first kappa shape index (κ1) is 16.9. The van der Waals surface area contributed by atoms with Crippen LogP contribution in [0.3, 0.4) is 0 Å². The van der Waals surface area contributed by atoms with Crippen LogP contribution in [0.1, 0.15) is 42.3 Å². The number of ether oxygens (including phenoxy) is 2. The van der Waals surface area contributed by atoms with Gasteiger partial charge in [0.15, 0.2) is 0 Å². The van der Waals surface area contributed by atoms with Crippen LogP contribution in [0, 0.1) is 0 Å². The monoisotopic (exact) mass is 370 g/mol. The molecule has 0 spiro atoms. The molecule has 0 radical (unpaired) electrons. The van der Waals surface area contributed by atoms with E-state index in [1.165, 1.54) is 5.56 Å². The second-order valence-electron chi connectivity index (χ2n) is 7.02. The van der Waals surface area contributed by atoms with Gasteiger partial charge in [0.2, 0.25) is 6.23 Å². The van der Waals surface area contributed by atoms with Crippen molar-refractivity contribution < 1.29 is 9.47 Å². The van der Waals surface area contributed by atoms with Crippen LogP contribution in [0.15, 0.2) is 84.0 Å². The summed E-state index contributed by atoms with van der Waals surface area (Å²) in [6.07, 6.45) is 0.638. The lowest BCUT2D eigenvalue weighted by molar-refractivity contribution is -0.0190. The molecular formula is C24H22N2O2. The fourth-order valence-corrected chi connectivity index (χ4v) is 3.96. The molecule has 0 fully saturated rings. The quantitative estimate of drug-likeness (QED) is 0.623. The molecule has 0 unspecified atom stereocenters. The number of rotatable bonds is 4. The Hall–Kier alpha value is -3.27. The van der Waals surface area contributed by atoms with E-state index >= 15 is 0 Å². The first-order valence-corrected chi connectivity index (χ1v) is 9.73. The van der Waals surface area contributed by atoms with Crippen LogP contribution in [0.2, 0.25) is 0 Å². The van der Waals surface area contributed by atoms with Crippen LogP contribution in [0.5, 0.6) is 11.5 Å². The Morgan fingerprint density at radius 2 is 1.71 bits per heavy atom. The molecule has 0 saturated heterocycles. The van der Waals surface area contributed by atoms with E-state index in [0.29, 0.717) is 6.61 Å². The summed E-state index contributed by atoms with van der Waals surface area (Å²) in [5, 5.41) is 7.11. The van der Waals surface area contributed by atoms with Crippen molar-refractivity contribution in [3.63, 3.8) is 0 Å². The Balaban J connectivity index is 1.53. The molecule has 0 aliphatic carbocycles. The number of hydrogen-bond acceptors (Lipinski definition) is 4. The minimum absolute atomic E-state index is 0.178. The van der Waals surface area contributed by atoms with Crippen LogP contribution in [-0.4, -0.2) is 17.3 Å². The first-order valence-electron chi connectivity index (χ1n) is 9.73. The molecule has 0 aromatic heterocycles.